The van der Waals surface area contributed by atoms with Crippen molar-refractivity contribution >= 4 is 11.6 Å². The number of carbonyl (C=O) groups is 1. The number of piperidine rings is 1. The van der Waals surface area contributed by atoms with E-state index in [2.05, 4.69) is 0 Å². The molecule has 0 radical (unpaired) electrons. The Kier molecular flexibility index (Phi) is 4.27. The molecule has 1 fully saturated rings. The van der Waals surface area contributed by atoms with Crippen LogP contribution in [0.1, 0.15) is 13.3 Å². The van der Waals surface area contributed by atoms with Gasteiger partial charge in [0.25, 0.3) is 5.91 Å². The van der Waals surface area contributed by atoms with Gasteiger partial charge < -0.3 is 20.5 Å². The lowest BCUT2D eigenvalue weighted by Crippen LogP contribution is -2.46. The zero-order chi connectivity index (χ0) is 13.8. The summed E-state index contributed by atoms with van der Waals surface area (Å²) in [6, 6.07) is 7.11. The van der Waals surface area contributed by atoms with Crippen LogP contribution >= 0.6 is 0 Å². The van der Waals surface area contributed by atoms with Gasteiger partial charge in [-0.05, 0) is 24.5 Å². The van der Waals surface area contributed by atoms with E-state index in [9.17, 15) is 9.90 Å². The fourth-order valence-electron chi connectivity index (χ4n) is 2.20. The highest BCUT2D eigenvalue weighted by Crippen LogP contribution is 2.20. The van der Waals surface area contributed by atoms with Crippen LogP contribution < -0.4 is 10.5 Å². The Morgan fingerprint density at radius 2 is 2.26 bits per heavy atom. The Balaban J connectivity index is 1.87. The largest absolute Gasteiger partial charge is 0.482 e. The predicted octanol–water partition coefficient (Wildman–Crippen LogP) is 0.877. The van der Waals surface area contributed by atoms with Crippen molar-refractivity contribution in [2.45, 2.75) is 19.4 Å². The zero-order valence-corrected chi connectivity index (χ0v) is 11.1. The van der Waals surface area contributed by atoms with Crippen molar-refractivity contribution < 1.29 is 14.6 Å². The first-order chi connectivity index (χ1) is 9.08. The molecule has 2 rings (SSSR count). The average Bonchev–Trinajstić information content (AvgIpc) is 2.40. The highest BCUT2D eigenvalue weighted by atomic mass is 16.5. The van der Waals surface area contributed by atoms with Crippen LogP contribution in [0.4, 0.5) is 5.69 Å². The maximum Gasteiger partial charge on any atom is 0.260 e. The summed E-state index contributed by atoms with van der Waals surface area (Å²) < 4.78 is 5.44. The first-order valence-corrected chi connectivity index (χ1v) is 6.51. The Morgan fingerprint density at radius 3 is 2.95 bits per heavy atom. The molecule has 104 valence electrons. The number of nitrogens with two attached hydrogens (primary N) is 1. The molecular formula is C14H20N2O3. The molecule has 5 nitrogen and oxygen atoms in total. The number of rotatable bonds is 3. The van der Waals surface area contributed by atoms with Gasteiger partial charge in [-0.1, -0.05) is 19.1 Å². The number of anilines is 1. The molecular weight excluding hydrogens is 244 g/mol. The van der Waals surface area contributed by atoms with Crippen molar-refractivity contribution in [2.24, 2.45) is 5.92 Å². The van der Waals surface area contributed by atoms with Crippen molar-refractivity contribution in [1.82, 2.24) is 4.90 Å². The van der Waals surface area contributed by atoms with Crippen molar-refractivity contribution in [2.75, 3.05) is 25.4 Å². The van der Waals surface area contributed by atoms with E-state index in [1.807, 2.05) is 19.1 Å². The zero-order valence-electron chi connectivity index (χ0n) is 11.1. The van der Waals surface area contributed by atoms with E-state index < -0.39 is 0 Å². The first kappa shape index (κ1) is 13.7. The second-order valence-corrected chi connectivity index (χ2v) is 5.00. The molecule has 1 aromatic carbocycles. The molecule has 0 aliphatic carbocycles. The summed E-state index contributed by atoms with van der Waals surface area (Å²) in [5.41, 5.74) is 6.27. The van der Waals surface area contributed by atoms with Gasteiger partial charge in [0.05, 0.1) is 11.8 Å². The topological polar surface area (TPSA) is 75.8 Å². The predicted molar refractivity (Wildman–Crippen MR) is 72.7 cm³/mol. The van der Waals surface area contributed by atoms with Crippen LogP contribution in [0.3, 0.4) is 0 Å². The molecule has 1 heterocycles. The number of benzene rings is 1. The number of nitrogen functional groups attached to an aromatic ring is 1. The number of likely N-dealkylation sites (tertiary alicyclic amines) is 1. The third kappa shape index (κ3) is 3.38. The molecule has 19 heavy (non-hydrogen) atoms. The molecule has 1 saturated heterocycles. The number of ether oxygens (including phenoxy) is 1. The molecule has 1 amide bonds. The minimum absolute atomic E-state index is 0.0168. The van der Waals surface area contributed by atoms with Crippen LogP contribution in [0.2, 0.25) is 0 Å². The summed E-state index contributed by atoms with van der Waals surface area (Å²) in [7, 11) is 0. The second kappa shape index (κ2) is 5.93. The van der Waals surface area contributed by atoms with Gasteiger partial charge in [-0.3, -0.25) is 4.79 Å². The summed E-state index contributed by atoms with van der Waals surface area (Å²) in [6.45, 7) is 3.09. The molecule has 3 N–H and O–H groups in total. The number of amides is 1. The van der Waals surface area contributed by atoms with Gasteiger partial charge in [0.2, 0.25) is 0 Å². The average molecular weight is 264 g/mol. The first-order valence-electron chi connectivity index (χ1n) is 6.51. The highest BCUT2D eigenvalue weighted by Gasteiger charge is 2.27. The number of hydrogen-bond donors (Lipinski definition) is 2. The van der Waals surface area contributed by atoms with Crippen LogP contribution in [-0.4, -0.2) is 41.7 Å². The van der Waals surface area contributed by atoms with E-state index in [1.54, 1.807) is 17.0 Å². The second-order valence-electron chi connectivity index (χ2n) is 5.00. The summed E-state index contributed by atoms with van der Waals surface area (Å²) >= 11 is 0. The van der Waals surface area contributed by atoms with Crippen LogP contribution in [-0.2, 0) is 4.79 Å². The molecule has 1 aliphatic rings. The monoisotopic (exact) mass is 264 g/mol. The van der Waals surface area contributed by atoms with Crippen molar-refractivity contribution in [3.8, 4) is 5.75 Å². The van der Waals surface area contributed by atoms with Gasteiger partial charge in [-0.25, -0.2) is 0 Å². The Bertz CT molecular complexity index is 450. The number of para-hydroxylation sites is 2. The minimum atomic E-state index is -0.310. The lowest BCUT2D eigenvalue weighted by molar-refractivity contribution is -0.136. The summed E-state index contributed by atoms with van der Waals surface area (Å²) in [5.74, 6) is 0.572. The smallest absolute Gasteiger partial charge is 0.260 e. The van der Waals surface area contributed by atoms with Crippen molar-refractivity contribution in [3.05, 3.63) is 24.3 Å². The van der Waals surface area contributed by atoms with Gasteiger partial charge in [0.15, 0.2) is 6.61 Å². The maximum atomic E-state index is 12.0. The molecule has 1 aromatic rings. The Hall–Kier alpha value is -1.75. The molecule has 0 saturated carbocycles. The SMILES string of the molecule is CC1CN(C(=O)COc2ccccc2N)CCC1O. The fourth-order valence-corrected chi connectivity index (χ4v) is 2.20. The van der Waals surface area contributed by atoms with Gasteiger partial charge in [-0.2, -0.15) is 0 Å². The number of hydrogen-bond acceptors (Lipinski definition) is 4. The van der Waals surface area contributed by atoms with Gasteiger partial charge in [-0.15, -0.1) is 0 Å². The molecule has 2 unspecified atom stereocenters. The maximum absolute atomic E-state index is 12.0. The normalized spacial score (nSPS) is 23.2. The highest BCUT2D eigenvalue weighted by molar-refractivity contribution is 5.78. The van der Waals surface area contributed by atoms with E-state index in [-0.39, 0.29) is 24.5 Å². The van der Waals surface area contributed by atoms with E-state index >= 15 is 0 Å². The third-order valence-corrected chi connectivity index (χ3v) is 3.48. The van der Waals surface area contributed by atoms with Crippen LogP contribution in [0.25, 0.3) is 0 Å². The lowest BCUT2D eigenvalue weighted by atomic mass is 9.97. The molecule has 0 spiro atoms. The van der Waals surface area contributed by atoms with Crippen molar-refractivity contribution in [3.63, 3.8) is 0 Å². The summed E-state index contributed by atoms with van der Waals surface area (Å²) in [5, 5.41) is 9.64. The summed E-state index contributed by atoms with van der Waals surface area (Å²) in [6.07, 6.45) is 0.315. The van der Waals surface area contributed by atoms with Crippen LogP contribution in [0, 0.1) is 5.92 Å². The quantitative estimate of drug-likeness (QED) is 0.795. The molecule has 2 atom stereocenters. The molecule has 0 bridgehead atoms. The number of nitrogens with zero attached hydrogens (tertiary/aromatic N) is 1. The summed E-state index contributed by atoms with van der Waals surface area (Å²) in [4.78, 5) is 13.7. The van der Waals surface area contributed by atoms with Crippen LogP contribution in [0.15, 0.2) is 24.3 Å². The number of aliphatic hydroxyl groups is 1. The van der Waals surface area contributed by atoms with Gasteiger partial charge in [0.1, 0.15) is 5.75 Å². The number of carbonyl (C=O) groups excluding carboxylic acids is 1. The van der Waals surface area contributed by atoms with E-state index in [4.69, 9.17) is 10.5 Å². The molecule has 5 heteroatoms. The van der Waals surface area contributed by atoms with Gasteiger partial charge in [0, 0.05) is 13.1 Å². The van der Waals surface area contributed by atoms with E-state index in [1.165, 1.54) is 0 Å². The Morgan fingerprint density at radius 1 is 1.53 bits per heavy atom. The lowest BCUT2D eigenvalue weighted by Gasteiger charge is -2.34. The van der Waals surface area contributed by atoms with Crippen molar-refractivity contribution in [1.29, 1.82) is 0 Å². The van der Waals surface area contributed by atoms with Crippen LogP contribution in [0.5, 0.6) is 5.75 Å². The molecule has 1 aliphatic heterocycles. The fraction of sp³-hybridized carbons (Fsp3) is 0.500. The standard InChI is InChI=1S/C14H20N2O3/c1-10-8-16(7-6-12(10)17)14(18)9-19-13-5-3-2-4-11(13)15/h2-5,10,12,17H,6-9,15H2,1H3. The molecule has 0 aromatic heterocycles. The third-order valence-electron chi connectivity index (χ3n) is 3.48. The van der Waals surface area contributed by atoms with E-state index in [0.29, 0.717) is 30.9 Å². The minimum Gasteiger partial charge on any atom is -0.482 e. The Labute approximate surface area is 113 Å². The number of aliphatic hydroxyl groups excluding tert-OH is 1. The van der Waals surface area contributed by atoms with E-state index in [0.717, 1.165) is 0 Å². The van der Waals surface area contributed by atoms with Gasteiger partial charge >= 0.3 is 0 Å².